The molecular formula is C19H17N3O8. The number of esters is 1. The molecule has 1 amide bonds. The van der Waals surface area contributed by atoms with Gasteiger partial charge in [-0.1, -0.05) is 30.3 Å². The van der Waals surface area contributed by atoms with Crippen LogP contribution in [0.5, 0.6) is 0 Å². The number of nitro benzene ring substituents is 2. The summed E-state index contributed by atoms with van der Waals surface area (Å²) >= 11 is 0. The van der Waals surface area contributed by atoms with Gasteiger partial charge in [-0.2, -0.15) is 0 Å². The third kappa shape index (κ3) is 4.95. The second kappa shape index (κ2) is 9.28. The van der Waals surface area contributed by atoms with E-state index in [1.165, 1.54) is 13.0 Å². The summed E-state index contributed by atoms with van der Waals surface area (Å²) in [5.74, 6) is -0.994. The van der Waals surface area contributed by atoms with Crippen LogP contribution in [0.4, 0.5) is 16.2 Å². The van der Waals surface area contributed by atoms with Gasteiger partial charge in [-0.15, -0.1) is 0 Å². The maximum absolute atomic E-state index is 12.3. The summed E-state index contributed by atoms with van der Waals surface area (Å²) in [5, 5.41) is 32.1. The molecule has 0 unspecified atom stereocenters. The minimum absolute atomic E-state index is 0.0189. The van der Waals surface area contributed by atoms with Crippen LogP contribution < -0.4 is 0 Å². The van der Waals surface area contributed by atoms with Crippen LogP contribution in [0, 0.1) is 27.2 Å². The van der Waals surface area contributed by atoms with E-state index in [2.05, 4.69) is 4.74 Å². The lowest BCUT2D eigenvalue weighted by molar-refractivity contribution is -0.422. The van der Waals surface area contributed by atoms with E-state index < -0.39 is 39.0 Å². The van der Waals surface area contributed by atoms with E-state index in [4.69, 9.17) is 0 Å². The van der Waals surface area contributed by atoms with Crippen molar-refractivity contribution in [3.05, 3.63) is 85.1 Å². The smallest absolute Gasteiger partial charge is 0.412 e. The van der Waals surface area contributed by atoms with Gasteiger partial charge in [0.2, 0.25) is 0 Å². The Bertz CT molecular complexity index is 1030. The molecule has 11 nitrogen and oxygen atoms in total. The Hall–Kier alpha value is -4.28. The van der Waals surface area contributed by atoms with Crippen LogP contribution in [0.15, 0.2) is 48.2 Å². The fraction of sp³-hybridized carbons (Fsp3) is 0.158. The van der Waals surface area contributed by atoms with E-state index in [0.29, 0.717) is 5.56 Å². The molecule has 0 atom stereocenters. The molecule has 2 aromatic carbocycles. The SMILES string of the molecule is COC(=O)/C(=C/c1cc(C)c([N+](=O)[O-])c([N+](=O)[O-])c1)N(Cc1ccccc1)C(=O)O. The summed E-state index contributed by atoms with van der Waals surface area (Å²) in [6.07, 6.45) is -0.379. The van der Waals surface area contributed by atoms with Gasteiger partial charge >= 0.3 is 23.4 Å². The molecular weight excluding hydrogens is 398 g/mol. The van der Waals surface area contributed by atoms with Crippen molar-refractivity contribution in [1.82, 2.24) is 4.90 Å². The van der Waals surface area contributed by atoms with Gasteiger partial charge in [0.15, 0.2) is 0 Å². The van der Waals surface area contributed by atoms with Crippen molar-refractivity contribution in [1.29, 1.82) is 0 Å². The molecule has 0 saturated heterocycles. The van der Waals surface area contributed by atoms with Crippen LogP contribution in [0.25, 0.3) is 6.08 Å². The Morgan fingerprint density at radius 3 is 2.27 bits per heavy atom. The maximum Gasteiger partial charge on any atom is 0.412 e. The van der Waals surface area contributed by atoms with Crippen LogP contribution in [-0.4, -0.2) is 39.0 Å². The molecule has 2 aromatic rings. The number of hydrogen-bond donors (Lipinski definition) is 1. The zero-order valence-electron chi connectivity index (χ0n) is 16.0. The highest BCUT2D eigenvalue weighted by Gasteiger charge is 2.29. The summed E-state index contributed by atoms with van der Waals surface area (Å²) in [6.45, 7) is 1.12. The summed E-state index contributed by atoms with van der Waals surface area (Å²) < 4.78 is 4.67. The molecule has 0 fully saturated rings. The van der Waals surface area contributed by atoms with Crippen molar-refractivity contribution >= 4 is 29.5 Å². The number of carboxylic acid groups (broad SMARTS) is 1. The van der Waals surface area contributed by atoms with Gasteiger partial charge in [0.05, 0.1) is 23.5 Å². The number of nitro groups is 2. The van der Waals surface area contributed by atoms with E-state index in [-0.39, 0.29) is 17.7 Å². The van der Waals surface area contributed by atoms with E-state index in [0.717, 1.165) is 24.2 Å². The van der Waals surface area contributed by atoms with Crippen molar-refractivity contribution in [3.63, 3.8) is 0 Å². The highest BCUT2D eigenvalue weighted by Crippen LogP contribution is 2.32. The monoisotopic (exact) mass is 415 g/mol. The lowest BCUT2D eigenvalue weighted by Crippen LogP contribution is -2.32. The largest absolute Gasteiger partial charge is 0.465 e. The van der Waals surface area contributed by atoms with Gasteiger partial charge in [-0.25, -0.2) is 9.59 Å². The number of methoxy groups -OCH3 is 1. The molecule has 0 saturated carbocycles. The number of carbonyl (C=O) groups excluding carboxylic acids is 1. The Labute approximate surface area is 170 Å². The molecule has 0 aliphatic rings. The van der Waals surface area contributed by atoms with Crippen LogP contribution in [-0.2, 0) is 16.1 Å². The zero-order valence-corrected chi connectivity index (χ0v) is 16.0. The number of hydrogen-bond acceptors (Lipinski definition) is 7. The fourth-order valence-electron chi connectivity index (χ4n) is 2.78. The van der Waals surface area contributed by atoms with Crippen LogP contribution >= 0.6 is 0 Å². The average molecular weight is 415 g/mol. The molecule has 2 rings (SSSR count). The van der Waals surface area contributed by atoms with Crippen molar-refractivity contribution in [3.8, 4) is 0 Å². The predicted molar refractivity (Wildman–Crippen MR) is 104 cm³/mol. The summed E-state index contributed by atoms with van der Waals surface area (Å²) in [7, 11) is 1.06. The quantitative estimate of drug-likeness (QED) is 0.312. The van der Waals surface area contributed by atoms with Gasteiger partial charge in [0, 0.05) is 11.6 Å². The van der Waals surface area contributed by atoms with Gasteiger partial charge in [-0.05, 0) is 30.2 Å². The number of rotatable bonds is 7. The minimum Gasteiger partial charge on any atom is -0.465 e. The van der Waals surface area contributed by atoms with E-state index in [1.54, 1.807) is 30.3 Å². The first-order valence-corrected chi connectivity index (χ1v) is 8.43. The molecule has 1 N–H and O–H groups in total. The highest BCUT2D eigenvalue weighted by molar-refractivity contribution is 5.96. The molecule has 0 aliphatic carbocycles. The van der Waals surface area contributed by atoms with Crippen molar-refractivity contribution in [2.45, 2.75) is 13.5 Å². The summed E-state index contributed by atoms with van der Waals surface area (Å²) in [6, 6.07) is 10.6. The number of nitrogens with zero attached hydrogens (tertiary/aromatic N) is 3. The fourth-order valence-corrected chi connectivity index (χ4v) is 2.78. The standard InChI is InChI=1S/C19H17N3O8/c1-12-8-14(9-15(21(26)27)17(12)22(28)29)10-16(18(23)30-2)20(19(24)25)11-13-6-4-3-5-7-13/h3-10H,11H2,1-2H3,(H,24,25)/b16-10-. The predicted octanol–water partition coefficient (Wildman–Crippen LogP) is 3.51. The molecule has 0 radical (unpaired) electrons. The lowest BCUT2D eigenvalue weighted by atomic mass is 10.1. The van der Waals surface area contributed by atoms with Crippen LogP contribution in [0.2, 0.25) is 0 Å². The second-order valence-corrected chi connectivity index (χ2v) is 6.10. The molecule has 0 heterocycles. The van der Waals surface area contributed by atoms with E-state index in [9.17, 15) is 34.9 Å². The normalized spacial score (nSPS) is 10.9. The molecule has 0 spiro atoms. The van der Waals surface area contributed by atoms with Crippen molar-refractivity contribution in [2.75, 3.05) is 7.11 Å². The topological polar surface area (TPSA) is 153 Å². The van der Waals surface area contributed by atoms with Gasteiger partial charge in [-0.3, -0.25) is 25.1 Å². The van der Waals surface area contributed by atoms with Crippen LogP contribution in [0.3, 0.4) is 0 Å². The maximum atomic E-state index is 12.3. The first-order chi connectivity index (χ1) is 14.1. The van der Waals surface area contributed by atoms with Crippen LogP contribution in [0.1, 0.15) is 16.7 Å². The Balaban J connectivity index is 2.63. The van der Waals surface area contributed by atoms with Gasteiger partial charge in [0.25, 0.3) is 0 Å². The number of benzene rings is 2. The third-order valence-electron chi connectivity index (χ3n) is 4.09. The number of carbonyl (C=O) groups is 2. The summed E-state index contributed by atoms with van der Waals surface area (Å²) in [5.41, 5.74) is -1.27. The number of amides is 1. The Morgan fingerprint density at radius 2 is 1.77 bits per heavy atom. The average Bonchev–Trinajstić information content (AvgIpc) is 2.69. The van der Waals surface area contributed by atoms with Gasteiger partial charge < -0.3 is 9.84 Å². The minimum atomic E-state index is -1.45. The zero-order chi connectivity index (χ0) is 22.4. The molecule has 0 bridgehead atoms. The van der Waals surface area contributed by atoms with E-state index >= 15 is 0 Å². The van der Waals surface area contributed by atoms with Crippen molar-refractivity contribution in [2.24, 2.45) is 0 Å². The molecule has 0 aromatic heterocycles. The Kier molecular flexibility index (Phi) is 6.81. The third-order valence-corrected chi connectivity index (χ3v) is 4.09. The Morgan fingerprint density at radius 1 is 1.13 bits per heavy atom. The first-order valence-electron chi connectivity index (χ1n) is 8.43. The summed E-state index contributed by atoms with van der Waals surface area (Å²) in [4.78, 5) is 45.5. The molecule has 0 aliphatic heterocycles. The molecule has 30 heavy (non-hydrogen) atoms. The number of ether oxygens (including phenoxy) is 1. The van der Waals surface area contributed by atoms with Gasteiger partial charge in [0.1, 0.15) is 5.70 Å². The number of aryl methyl sites for hydroxylation is 1. The highest BCUT2D eigenvalue weighted by atomic mass is 16.6. The molecule has 156 valence electrons. The second-order valence-electron chi connectivity index (χ2n) is 6.10. The van der Waals surface area contributed by atoms with Crippen molar-refractivity contribution < 1.29 is 29.3 Å². The first kappa shape index (κ1) is 22.0. The molecule has 11 heteroatoms. The van der Waals surface area contributed by atoms with E-state index in [1.807, 2.05) is 0 Å². The lowest BCUT2D eigenvalue weighted by Gasteiger charge is -2.21.